The van der Waals surface area contributed by atoms with Gasteiger partial charge >= 0.3 is 11.9 Å². The quantitative estimate of drug-likeness (QED) is 0.772. The van der Waals surface area contributed by atoms with E-state index in [4.69, 9.17) is 10.2 Å². The van der Waals surface area contributed by atoms with Crippen molar-refractivity contribution < 1.29 is 19.8 Å². The van der Waals surface area contributed by atoms with Crippen LogP contribution in [0.1, 0.15) is 41.0 Å². The first-order chi connectivity index (χ1) is 8.66. The summed E-state index contributed by atoms with van der Waals surface area (Å²) in [6.45, 7) is 9.82. The monoisotopic (exact) mass is 270 g/mol. The minimum absolute atomic E-state index is 0.226. The highest BCUT2D eigenvalue weighted by Crippen LogP contribution is 2.34. The van der Waals surface area contributed by atoms with Crippen LogP contribution in [0, 0.1) is 29.6 Å². The fourth-order valence-electron chi connectivity index (χ4n) is 1.99. The summed E-state index contributed by atoms with van der Waals surface area (Å²) in [6, 6.07) is 0. The van der Waals surface area contributed by atoms with Gasteiger partial charge in [0.2, 0.25) is 0 Å². The van der Waals surface area contributed by atoms with Gasteiger partial charge < -0.3 is 10.2 Å². The normalized spacial score (nSPS) is 29.6. The fourth-order valence-corrected chi connectivity index (χ4v) is 1.99. The van der Waals surface area contributed by atoms with Crippen molar-refractivity contribution in [2.45, 2.75) is 41.0 Å². The number of hydrogen-bond acceptors (Lipinski definition) is 2. The molecule has 19 heavy (non-hydrogen) atoms. The molecule has 4 unspecified atom stereocenters. The van der Waals surface area contributed by atoms with Crippen molar-refractivity contribution in [1.29, 1.82) is 0 Å². The Morgan fingerprint density at radius 1 is 1.05 bits per heavy atom. The molecular formula is C15H26O4. The number of allylic oxidation sites excluding steroid dienone is 2. The Balaban J connectivity index is 0.000000459. The van der Waals surface area contributed by atoms with Gasteiger partial charge in [-0.05, 0) is 23.7 Å². The molecule has 4 nitrogen and oxygen atoms in total. The maximum Gasteiger partial charge on any atom is 0.305 e. The van der Waals surface area contributed by atoms with E-state index >= 15 is 0 Å². The molecule has 110 valence electrons. The van der Waals surface area contributed by atoms with Crippen molar-refractivity contribution in [3.8, 4) is 0 Å². The molecule has 0 radical (unpaired) electrons. The summed E-state index contributed by atoms with van der Waals surface area (Å²) in [5, 5.41) is 16.7. The molecule has 0 aromatic heterocycles. The van der Waals surface area contributed by atoms with E-state index in [1.165, 1.54) is 0 Å². The Morgan fingerprint density at radius 3 is 1.89 bits per heavy atom. The Bertz CT molecular complexity index is 333. The highest BCUT2D eigenvalue weighted by atomic mass is 16.4. The molecular weight excluding hydrogens is 244 g/mol. The molecule has 2 N–H and O–H groups in total. The van der Waals surface area contributed by atoms with Gasteiger partial charge in [0, 0.05) is 0 Å². The van der Waals surface area contributed by atoms with Crippen LogP contribution in [0.4, 0.5) is 0 Å². The van der Waals surface area contributed by atoms with Crippen LogP contribution in [0.3, 0.4) is 0 Å². The first-order valence-corrected chi connectivity index (χ1v) is 6.79. The topological polar surface area (TPSA) is 74.6 Å². The van der Waals surface area contributed by atoms with Gasteiger partial charge in [-0.25, -0.2) is 0 Å². The average Bonchev–Trinajstić information content (AvgIpc) is 2.30. The van der Waals surface area contributed by atoms with Crippen LogP contribution in [0.5, 0.6) is 0 Å². The van der Waals surface area contributed by atoms with Gasteiger partial charge in [0.05, 0.1) is 12.3 Å². The van der Waals surface area contributed by atoms with Crippen molar-refractivity contribution in [3.05, 3.63) is 12.2 Å². The summed E-state index contributed by atoms with van der Waals surface area (Å²) in [5.74, 6) is 0.220. The maximum absolute atomic E-state index is 10.6. The lowest BCUT2D eigenvalue weighted by Gasteiger charge is -2.33. The van der Waals surface area contributed by atoms with E-state index < -0.39 is 11.9 Å². The minimum Gasteiger partial charge on any atom is -0.481 e. The van der Waals surface area contributed by atoms with Gasteiger partial charge in [0.25, 0.3) is 0 Å². The van der Waals surface area contributed by atoms with Gasteiger partial charge in [-0.2, -0.15) is 0 Å². The molecule has 0 aromatic rings. The van der Waals surface area contributed by atoms with Gasteiger partial charge in [-0.3, -0.25) is 9.59 Å². The van der Waals surface area contributed by atoms with E-state index in [2.05, 4.69) is 32.9 Å². The van der Waals surface area contributed by atoms with Crippen LogP contribution >= 0.6 is 0 Å². The molecule has 1 aliphatic rings. The van der Waals surface area contributed by atoms with Gasteiger partial charge in [-0.15, -0.1) is 0 Å². The number of carboxylic acid groups (broad SMARTS) is 2. The van der Waals surface area contributed by atoms with Crippen LogP contribution in [-0.4, -0.2) is 22.2 Å². The van der Waals surface area contributed by atoms with Crippen molar-refractivity contribution in [2.24, 2.45) is 29.6 Å². The predicted octanol–water partition coefficient (Wildman–Crippen LogP) is 3.28. The second-order valence-corrected chi connectivity index (χ2v) is 5.72. The molecule has 0 saturated carbocycles. The lowest BCUT2D eigenvalue weighted by molar-refractivity contribution is -0.140. The van der Waals surface area contributed by atoms with Gasteiger partial charge in [0.1, 0.15) is 0 Å². The van der Waals surface area contributed by atoms with E-state index in [-0.39, 0.29) is 18.3 Å². The third-order valence-corrected chi connectivity index (χ3v) is 3.90. The highest BCUT2D eigenvalue weighted by Gasteiger charge is 2.28. The molecule has 0 amide bonds. The number of hydrogen-bond donors (Lipinski definition) is 2. The molecule has 1 aliphatic carbocycles. The second-order valence-electron chi connectivity index (χ2n) is 5.72. The van der Waals surface area contributed by atoms with Crippen molar-refractivity contribution >= 4 is 11.9 Å². The van der Waals surface area contributed by atoms with Crippen molar-refractivity contribution in [3.63, 3.8) is 0 Å². The molecule has 0 aliphatic heterocycles. The lowest BCUT2D eigenvalue weighted by atomic mass is 9.72. The Labute approximate surface area is 115 Å². The van der Waals surface area contributed by atoms with E-state index in [1.54, 1.807) is 13.8 Å². The van der Waals surface area contributed by atoms with E-state index in [0.717, 1.165) is 0 Å². The molecule has 4 atom stereocenters. The SMILES string of the molecule is CC(C)C(=O)O.CC1C=CC(CC(=O)O)C(C)C1C. The van der Waals surface area contributed by atoms with Gasteiger partial charge in [-0.1, -0.05) is 46.8 Å². The predicted molar refractivity (Wildman–Crippen MR) is 74.8 cm³/mol. The molecule has 0 fully saturated rings. The van der Waals surface area contributed by atoms with E-state index in [9.17, 15) is 9.59 Å². The summed E-state index contributed by atoms with van der Waals surface area (Å²) in [5.41, 5.74) is 0. The first kappa shape index (κ1) is 17.7. The molecule has 0 saturated heterocycles. The van der Waals surface area contributed by atoms with Crippen molar-refractivity contribution in [1.82, 2.24) is 0 Å². The minimum atomic E-state index is -0.741. The van der Waals surface area contributed by atoms with Gasteiger partial charge in [0.15, 0.2) is 0 Å². The third kappa shape index (κ3) is 6.41. The van der Waals surface area contributed by atoms with Crippen LogP contribution in [-0.2, 0) is 9.59 Å². The molecule has 4 heteroatoms. The van der Waals surface area contributed by atoms with E-state index in [0.29, 0.717) is 17.8 Å². The molecule has 1 rings (SSSR count). The smallest absolute Gasteiger partial charge is 0.305 e. The summed E-state index contributed by atoms with van der Waals surface area (Å²) >= 11 is 0. The summed E-state index contributed by atoms with van der Waals surface area (Å²) in [4.78, 5) is 20.3. The molecule has 0 spiro atoms. The lowest BCUT2D eigenvalue weighted by Crippen LogP contribution is -2.27. The fraction of sp³-hybridized carbons (Fsp3) is 0.733. The third-order valence-electron chi connectivity index (χ3n) is 3.90. The van der Waals surface area contributed by atoms with Crippen LogP contribution in [0.25, 0.3) is 0 Å². The molecule has 0 aromatic carbocycles. The molecule has 0 bridgehead atoms. The Morgan fingerprint density at radius 2 is 1.53 bits per heavy atom. The van der Waals surface area contributed by atoms with E-state index in [1.807, 2.05) is 0 Å². The summed E-state index contributed by atoms with van der Waals surface area (Å²) in [7, 11) is 0. The number of rotatable bonds is 3. The summed E-state index contributed by atoms with van der Waals surface area (Å²) < 4.78 is 0. The van der Waals surface area contributed by atoms with Crippen molar-refractivity contribution in [2.75, 3.05) is 0 Å². The zero-order chi connectivity index (χ0) is 15.2. The average molecular weight is 270 g/mol. The molecule has 0 heterocycles. The van der Waals surface area contributed by atoms with Crippen LogP contribution in [0.2, 0.25) is 0 Å². The van der Waals surface area contributed by atoms with Crippen LogP contribution in [0.15, 0.2) is 12.2 Å². The summed E-state index contributed by atoms with van der Waals surface area (Å²) in [6.07, 6.45) is 4.50. The second kappa shape index (κ2) is 7.97. The zero-order valence-electron chi connectivity index (χ0n) is 12.5. The first-order valence-electron chi connectivity index (χ1n) is 6.79. The number of aliphatic carboxylic acids is 2. The Kier molecular flexibility index (Phi) is 7.42. The standard InChI is InChI=1S/C11H18O2.C4H8O2/c1-7-4-5-10(6-11(12)13)9(3)8(7)2;1-3(2)4(5)6/h4-5,7-10H,6H2,1-3H3,(H,12,13);3H,1-2H3,(H,5,6). The zero-order valence-corrected chi connectivity index (χ0v) is 12.5. The Hall–Kier alpha value is -1.32. The largest absolute Gasteiger partial charge is 0.481 e. The maximum atomic E-state index is 10.6. The number of carbonyl (C=O) groups is 2. The number of carboxylic acids is 2. The van der Waals surface area contributed by atoms with Crippen LogP contribution < -0.4 is 0 Å². The highest BCUT2D eigenvalue weighted by molar-refractivity contribution is 5.68.